The molecule has 0 saturated heterocycles. The fourth-order valence-corrected chi connectivity index (χ4v) is 3.22. The predicted molar refractivity (Wildman–Crippen MR) is 77.9 cm³/mol. The Labute approximate surface area is 126 Å². The number of hydrogen-bond acceptors (Lipinski definition) is 3. The van der Waals surface area contributed by atoms with E-state index >= 15 is 0 Å². The van der Waals surface area contributed by atoms with E-state index in [4.69, 9.17) is 16.7 Å². The van der Waals surface area contributed by atoms with Gasteiger partial charge in [-0.1, -0.05) is 23.7 Å². The lowest BCUT2D eigenvalue weighted by atomic mass is 10.1. The fourth-order valence-electron chi connectivity index (χ4n) is 1.80. The first-order valence-electron chi connectivity index (χ1n) is 5.99. The van der Waals surface area contributed by atoms with Crippen molar-refractivity contribution in [1.29, 1.82) is 0 Å². The molecule has 0 radical (unpaired) electrons. The monoisotopic (exact) mass is 328 g/mol. The van der Waals surface area contributed by atoms with Gasteiger partial charge in [-0.05, 0) is 30.7 Å². The number of hydrogen-bond donors (Lipinski definition) is 3. The van der Waals surface area contributed by atoms with E-state index in [1.54, 1.807) is 31.2 Å². The molecule has 21 heavy (non-hydrogen) atoms. The summed E-state index contributed by atoms with van der Waals surface area (Å²) < 4.78 is 26.8. The largest absolute Gasteiger partial charge is 0.477 e. The number of rotatable bonds is 5. The number of carboxylic acids is 1. The molecule has 0 fully saturated rings. The summed E-state index contributed by atoms with van der Waals surface area (Å²) in [5.74, 6) is -1.22. The lowest BCUT2D eigenvalue weighted by Crippen LogP contribution is -2.26. The summed E-state index contributed by atoms with van der Waals surface area (Å²) in [5, 5.41) is 9.30. The first-order valence-corrected chi connectivity index (χ1v) is 7.85. The second kappa shape index (κ2) is 5.88. The minimum absolute atomic E-state index is 0.131. The maximum Gasteiger partial charge on any atom is 0.352 e. The molecular formula is C13H13ClN2O4S. The van der Waals surface area contributed by atoms with Crippen LogP contribution in [0.3, 0.4) is 0 Å². The van der Waals surface area contributed by atoms with Crippen molar-refractivity contribution >= 4 is 27.6 Å². The minimum atomic E-state index is -3.82. The van der Waals surface area contributed by atoms with Gasteiger partial charge in [-0.15, -0.1) is 0 Å². The molecule has 1 aromatic heterocycles. The Hall–Kier alpha value is -1.83. The Morgan fingerprint density at radius 2 is 2.10 bits per heavy atom. The first-order chi connectivity index (χ1) is 9.79. The van der Waals surface area contributed by atoms with Crippen LogP contribution in [0.15, 0.2) is 41.4 Å². The number of carboxylic acid groups (broad SMARTS) is 1. The number of aromatic carboxylic acids is 1. The SMILES string of the molecule is CC(NS(=O)(=O)c1c[nH]c(C(=O)O)c1)c1cccc(Cl)c1. The standard InChI is InChI=1S/C13H13ClN2O4S/c1-8(9-3-2-4-10(14)5-9)16-21(19,20)11-6-12(13(17)18)15-7-11/h2-8,15-16H,1H3,(H,17,18). The molecule has 1 aromatic carbocycles. The highest BCUT2D eigenvalue weighted by molar-refractivity contribution is 7.89. The normalized spacial score (nSPS) is 13.0. The molecule has 0 aliphatic heterocycles. The lowest BCUT2D eigenvalue weighted by molar-refractivity contribution is 0.0691. The van der Waals surface area contributed by atoms with Crippen LogP contribution in [-0.4, -0.2) is 24.5 Å². The van der Waals surface area contributed by atoms with Crippen molar-refractivity contribution in [2.75, 3.05) is 0 Å². The molecule has 0 bridgehead atoms. The van der Waals surface area contributed by atoms with Gasteiger partial charge in [0.05, 0.1) is 0 Å². The number of aromatic amines is 1. The Kier molecular flexibility index (Phi) is 4.36. The van der Waals surface area contributed by atoms with Gasteiger partial charge in [-0.3, -0.25) is 0 Å². The molecule has 0 spiro atoms. The quantitative estimate of drug-likeness (QED) is 0.784. The highest BCUT2D eigenvalue weighted by Crippen LogP contribution is 2.20. The average molecular weight is 329 g/mol. The molecule has 112 valence electrons. The van der Waals surface area contributed by atoms with E-state index in [9.17, 15) is 13.2 Å². The molecule has 0 aliphatic carbocycles. The van der Waals surface area contributed by atoms with Crippen molar-refractivity contribution in [1.82, 2.24) is 9.71 Å². The zero-order chi connectivity index (χ0) is 15.6. The molecule has 1 atom stereocenters. The molecule has 8 heteroatoms. The van der Waals surface area contributed by atoms with Crippen molar-refractivity contribution in [2.24, 2.45) is 0 Å². The van der Waals surface area contributed by atoms with Crippen molar-refractivity contribution in [3.8, 4) is 0 Å². The average Bonchev–Trinajstić information content (AvgIpc) is 2.88. The number of nitrogens with one attached hydrogen (secondary N) is 2. The van der Waals surface area contributed by atoms with Crippen LogP contribution in [-0.2, 0) is 10.0 Å². The van der Waals surface area contributed by atoms with Gasteiger partial charge in [-0.25, -0.2) is 17.9 Å². The summed E-state index contributed by atoms with van der Waals surface area (Å²) in [4.78, 5) is 13.0. The van der Waals surface area contributed by atoms with Gasteiger partial charge < -0.3 is 10.1 Å². The molecule has 1 heterocycles. The number of carbonyl (C=O) groups is 1. The van der Waals surface area contributed by atoms with Gasteiger partial charge in [0.1, 0.15) is 10.6 Å². The number of H-pyrrole nitrogens is 1. The molecule has 2 rings (SSSR count). The lowest BCUT2D eigenvalue weighted by Gasteiger charge is -2.14. The molecule has 0 amide bonds. The molecule has 1 unspecified atom stereocenters. The number of aromatic nitrogens is 1. The second-order valence-electron chi connectivity index (χ2n) is 4.45. The van der Waals surface area contributed by atoms with Gasteiger partial charge in [0, 0.05) is 17.3 Å². The third-order valence-corrected chi connectivity index (χ3v) is 4.63. The molecule has 6 nitrogen and oxygen atoms in total. The summed E-state index contributed by atoms with van der Waals surface area (Å²) in [5.41, 5.74) is 0.519. The number of sulfonamides is 1. The van der Waals surface area contributed by atoms with E-state index in [2.05, 4.69) is 9.71 Å². The minimum Gasteiger partial charge on any atom is -0.477 e. The number of benzene rings is 1. The van der Waals surface area contributed by atoms with Crippen molar-refractivity contribution in [3.05, 3.63) is 52.8 Å². The van der Waals surface area contributed by atoms with Gasteiger partial charge in [0.2, 0.25) is 10.0 Å². The van der Waals surface area contributed by atoms with Crippen LogP contribution in [0, 0.1) is 0 Å². The van der Waals surface area contributed by atoms with Gasteiger partial charge >= 0.3 is 5.97 Å². The van der Waals surface area contributed by atoms with E-state index < -0.39 is 22.0 Å². The molecule has 0 saturated carbocycles. The summed E-state index contributed by atoms with van der Waals surface area (Å²) in [7, 11) is -3.82. The van der Waals surface area contributed by atoms with E-state index in [1.807, 2.05) is 0 Å². The molecular weight excluding hydrogens is 316 g/mol. The fraction of sp³-hybridized carbons (Fsp3) is 0.154. The summed E-state index contributed by atoms with van der Waals surface area (Å²) in [6.07, 6.45) is 1.14. The first kappa shape index (κ1) is 15.6. The Balaban J connectivity index is 2.22. The van der Waals surface area contributed by atoms with Gasteiger partial charge in [0.25, 0.3) is 0 Å². The molecule has 2 aromatic rings. The zero-order valence-electron chi connectivity index (χ0n) is 11.0. The van der Waals surface area contributed by atoms with Gasteiger partial charge in [-0.2, -0.15) is 0 Å². The van der Waals surface area contributed by atoms with Crippen LogP contribution in [0.4, 0.5) is 0 Å². The smallest absolute Gasteiger partial charge is 0.352 e. The molecule has 3 N–H and O–H groups in total. The third kappa shape index (κ3) is 3.63. The highest BCUT2D eigenvalue weighted by Gasteiger charge is 2.21. The van der Waals surface area contributed by atoms with Crippen LogP contribution in [0.25, 0.3) is 0 Å². The highest BCUT2D eigenvalue weighted by atomic mass is 35.5. The van der Waals surface area contributed by atoms with Crippen LogP contribution in [0.1, 0.15) is 29.0 Å². The number of halogens is 1. The summed E-state index contributed by atoms with van der Waals surface area (Å²) in [6, 6.07) is 7.39. The third-order valence-electron chi connectivity index (χ3n) is 2.88. The van der Waals surface area contributed by atoms with E-state index in [0.717, 1.165) is 12.3 Å². The summed E-state index contributed by atoms with van der Waals surface area (Å²) >= 11 is 5.87. The van der Waals surface area contributed by atoms with Crippen LogP contribution in [0.2, 0.25) is 5.02 Å². The Bertz CT molecular complexity index is 770. The van der Waals surface area contributed by atoms with Crippen molar-refractivity contribution in [2.45, 2.75) is 17.9 Å². The zero-order valence-corrected chi connectivity index (χ0v) is 12.6. The van der Waals surface area contributed by atoms with Crippen molar-refractivity contribution < 1.29 is 18.3 Å². The summed E-state index contributed by atoms with van der Waals surface area (Å²) in [6.45, 7) is 1.67. The maximum absolute atomic E-state index is 12.2. The van der Waals surface area contributed by atoms with Crippen LogP contribution >= 0.6 is 11.6 Å². The van der Waals surface area contributed by atoms with E-state index in [1.165, 1.54) is 0 Å². The predicted octanol–water partition coefficient (Wildman–Crippen LogP) is 2.41. The van der Waals surface area contributed by atoms with Crippen molar-refractivity contribution in [3.63, 3.8) is 0 Å². The van der Waals surface area contributed by atoms with Gasteiger partial charge in [0.15, 0.2) is 0 Å². The van der Waals surface area contributed by atoms with E-state index in [-0.39, 0.29) is 10.6 Å². The van der Waals surface area contributed by atoms with Crippen LogP contribution < -0.4 is 4.72 Å². The molecule has 0 aliphatic rings. The second-order valence-corrected chi connectivity index (χ2v) is 6.60. The van der Waals surface area contributed by atoms with Crippen LogP contribution in [0.5, 0.6) is 0 Å². The topological polar surface area (TPSA) is 99.3 Å². The Morgan fingerprint density at radius 1 is 1.38 bits per heavy atom. The van der Waals surface area contributed by atoms with E-state index in [0.29, 0.717) is 10.6 Å². The Morgan fingerprint density at radius 3 is 2.67 bits per heavy atom. The maximum atomic E-state index is 12.2.